The van der Waals surface area contributed by atoms with Crippen LogP contribution < -0.4 is 11.1 Å². The number of thioether (sulfide) groups is 1. The van der Waals surface area contributed by atoms with E-state index in [1.807, 2.05) is 19.1 Å². The third kappa shape index (κ3) is 5.20. The number of hydrogen-bond donors (Lipinski definition) is 2. The van der Waals surface area contributed by atoms with E-state index in [9.17, 15) is 9.59 Å². The first-order valence-corrected chi connectivity index (χ1v) is 10.6. The predicted molar refractivity (Wildman–Crippen MR) is 108 cm³/mol. The summed E-state index contributed by atoms with van der Waals surface area (Å²) in [5.41, 5.74) is 8.72. The molecular weight excluding hydrogens is 382 g/mol. The topological polar surface area (TPSA) is 101 Å². The van der Waals surface area contributed by atoms with E-state index in [4.69, 9.17) is 5.73 Å². The predicted octanol–water partition coefficient (Wildman–Crippen LogP) is 2.71. The van der Waals surface area contributed by atoms with Crippen LogP contribution in [0, 0.1) is 19.8 Å². The lowest BCUT2D eigenvalue weighted by Crippen LogP contribution is -2.44. The van der Waals surface area contributed by atoms with Crippen LogP contribution in [0.4, 0.5) is 10.8 Å². The summed E-state index contributed by atoms with van der Waals surface area (Å²) in [5.74, 6) is -0.275. The molecule has 27 heavy (non-hydrogen) atoms. The van der Waals surface area contributed by atoms with Crippen molar-refractivity contribution in [1.29, 1.82) is 0 Å². The van der Waals surface area contributed by atoms with Gasteiger partial charge in [-0.25, -0.2) is 0 Å². The van der Waals surface area contributed by atoms with E-state index in [0.717, 1.165) is 28.4 Å². The van der Waals surface area contributed by atoms with Gasteiger partial charge in [-0.05, 0) is 38.3 Å². The molecule has 3 rings (SSSR count). The van der Waals surface area contributed by atoms with Crippen LogP contribution in [0.15, 0.2) is 22.5 Å². The van der Waals surface area contributed by atoms with Crippen molar-refractivity contribution in [2.24, 2.45) is 11.7 Å². The van der Waals surface area contributed by atoms with Crippen molar-refractivity contribution < 1.29 is 9.59 Å². The lowest BCUT2D eigenvalue weighted by atomic mass is 9.97. The van der Waals surface area contributed by atoms with Gasteiger partial charge in [-0.1, -0.05) is 40.8 Å². The molecule has 144 valence electrons. The Morgan fingerprint density at radius 3 is 2.93 bits per heavy atom. The molecule has 1 aliphatic rings. The number of hydrogen-bond acceptors (Lipinski definition) is 7. The van der Waals surface area contributed by atoms with Crippen LogP contribution >= 0.6 is 23.1 Å². The Balaban J connectivity index is 1.53. The number of piperidine rings is 1. The van der Waals surface area contributed by atoms with E-state index in [2.05, 4.69) is 28.5 Å². The van der Waals surface area contributed by atoms with Gasteiger partial charge >= 0.3 is 0 Å². The number of benzene rings is 1. The van der Waals surface area contributed by atoms with Gasteiger partial charge in [0.15, 0.2) is 4.34 Å². The number of carbonyl (C=O) groups excluding carboxylic acids is 2. The summed E-state index contributed by atoms with van der Waals surface area (Å²) in [5, 5.41) is 12.3. The van der Waals surface area contributed by atoms with Crippen LogP contribution in [0.3, 0.4) is 0 Å². The maximum absolute atomic E-state index is 12.4. The maximum atomic E-state index is 12.4. The highest BCUT2D eigenvalue weighted by Crippen LogP contribution is 2.29. The van der Waals surface area contributed by atoms with Crippen molar-refractivity contribution in [1.82, 2.24) is 15.1 Å². The highest BCUT2D eigenvalue weighted by atomic mass is 32.2. The first kappa shape index (κ1) is 19.6. The normalized spacial score (nSPS) is 17.0. The first-order chi connectivity index (χ1) is 12.9. The minimum atomic E-state index is -0.327. The smallest absolute Gasteiger partial charge is 0.233 e. The summed E-state index contributed by atoms with van der Waals surface area (Å²) >= 11 is 2.79. The highest BCUT2D eigenvalue weighted by Gasteiger charge is 2.27. The van der Waals surface area contributed by atoms with E-state index in [-0.39, 0.29) is 23.5 Å². The molecule has 0 unspecified atom stereocenters. The Bertz CT molecular complexity index is 839. The second kappa shape index (κ2) is 8.71. The van der Waals surface area contributed by atoms with E-state index in [1.165, 1.54) is 28.7 Å². The van der Waals surface area contributed by atoms with Crippen molar-refractivity contribution in [2.75, 3.05) is 24.2 Å². The number of rotatable bonds is 6. The maximum Gasteiger partial charge on any atom is 0.233 e. The van der Waals surface area contributed by atoms with Crippen molar-refractivity contribution in [3.63, 3.8) is 0 Å². The molecule has 1 atom stereocenters. The van der Waals surface area contributed by atoms with Crippen molar-refractivity contribution in [3.05, 3.63) is 29.3 Å². The Kier molecular flexibility index (Phi) is 6.33. The fourth-order valence-electron chi connectivity index (χ4n) is 3.04. The molecule has 3 N–H and O–H groups in total. The van der Waals surface area contributed by atoms with Gasteiger partial charge in [0.1, 0.15) is 0 Å². The highest BCUT2D eigenvalue weighted by molar-refractivity contribution is 8.01. The zero-order chi connectivity index (χ0) is 19.4. The van der Waals surface area contributed by atoms with Gasteiger partial charge in [0, 0.05) is 18.8 Å². The zero-order valence-corrected chi connectivity index (χ0v) is 17.0. The molecule has 0 saturated carbocycles. The average molecular weight is 406 g/mol. The quantitative estimate of drug-likeness (QED) is 0.717. The number of amides is 2. The van der Waals surface area contributed by atoms with Crippen molar-refractivity contribution in [3.8, 4) is 0 Å². The molecule has 1 aromatic heterocycles. The van der Waals surface area contributed by atoms with Gasteiger partial charge in [0.25, 0.3) is 0 Å². The van der Waals surface area contributed by atoms with E-state index in [1.54, 1.807) is 4.90 Å². The molecular formula is C18H23N5O2S2. The monoisotopic (exact) mass is 405 g/mol. The fourth-order valence-corrected chi connectivity index (χ4v) is 4.71. The molecule has 1 aromatic carbocycles. The minimum Gasteiger partial charge on any atom is -0.369 e. The number of nitrogens with one attached hydrogen (secondary N) is 1. The number of primary amides is 1. The summed E-state index contributed by atoms with van der Waals surface area (Å²) in [6, 6.07) is 6.17. The number of carbonyl (C=O) groups is 2. The molecule has 0 bridgehead atoms. The van der Waals surface area contributed by atoms with Gasteiger partial charge in [0.05, 0.1) is 11.7 Å². The van der Waals surface area contributed by atoms with Crippen molar-refractivity contribution in [2.45, 2.75) is 31.0 Å². The largest absolute Gasteiger partial charge is 0.369 e. The molecule has 1 fully saturated rings. The number of nitrogens with zero attached hydrogens (tertiary/aromatic N) is 3. The molecule has 7 nitrogen and oxygen atoms in total. The van der Waals surface area contributed by atoms with Crippen LogP contribution in [0.1, 0.15) is 24.0 Å². The summed E-state index contributed by atoms with van der Waals surface area (Å²) in [6.45, 7) is 5.20. The average Bonchev–Trinajstić information content (AvgIpc) is 3.09. The number of nitrogens with two attached hydrogens (primary N) is 1. The van der Waals surface area contributed by atoms with Crippen LogP contribution in [0.2, 0.25) is 0 Å². The number of aryl methyl sites for hydroxylation is 2. The number of anilines is 2. The van der Waals surface area contributed by atoms with Gasteiger partial charge in [0.2, 0.25) is 16.9 Å². The molecule has 2 aromatic rings. The molecule has 2 heterocycles. The molecule has 1 aliphatic heterocycles. The molecule has 0 radical (unpaired) electrons. The van der Waals surface area contributed by atoms with Crippen molar-refractivity contribution >= 4 is 45.7 Å². The van der Waals surface area contributed by atoms with Gasteiger partial charge in [-0.15, -0.1) is 10.2 Å². The van der Waals surface area contributed by atoms with Gasteiger partial charge < -0.3 is 16.0 Å². The summed E-state index contributed by atoms with van der Waals surface area (Å²) in [7, 11) is 0. The van der Waals surface area contributed by atoms with Crippen LogP contribution in [0.5, 0.6) is 0 Å². The van der Waals surface area contributed by atoms with Crippen LogP contribution in [0.25, 0.3) is 0 Å². The molecule has 1 saturated heterocycles. The van der Waals surface area contributed by atoms with E-state index in [0.29, 0.717) is 18.2 Å². The Morgan fingerprint density at radius 2 is 2.19 bits per heavy atom. The lowest BCUT2D eigenvalue weighted by Gasteiger charge is -2.31. The molecule has 2 amide bonds. The first-order valence-electron chi connectivity index (χ1n) is 8.80. The molecule has 0 aliphatic carbocycles. The Labute approximate surface area is 166 Å². The van der Waals surface area contributed by atoms with E-state index >= 15 is 0 Å². The standard InChI is InChI=1S/C18H23N5O2S2/c1-11-5-6-14(12(2)8-11)20-17-21-22-18(27-17)26-10-15(24)23-7-3-4-13(9-23)16(19)25/h5-6,8,13H,3-4,7,9-10H2,1-2H3,(H2,19,25)(H,20,21)/t13-/m1/s1. The summed E-state index contributed by atoms with van der Waals surface area (Å²) < 4.78 is 0.735. The number of aromatic nitrogens is 2. The minimum absolute atomic E-state index is 0.00467. The zero-order valence-electron chi connectivity index (χ0n) is 15.4. The van der Waals surface area contributed by atoms with Crippen LogP contribution in [-0.2, 0) is 9.59 Å². The van der Waals surface area contributed by atoms with E-state index < -0.39 is 0 Å². The summed E-state index contributed by atoms with van der Waals surface area (Å²) in [6.07, 6.45) is 1.57. The third-order valence-electron chi connectivity index (χ3n) is 4.53. The SMILES string of the molecule is Cc1ccc(Nc2nnc(SCC(=O)N3CCC[C@@H](C(N)=O)C3)s2)c(C)c1. The Hall–Kier alpha value is -2.13. The lowest BCUT2D eigenvalue weighted by molar-refractivity contribution is -0.132. The van der Waals surface area contributed by atoms with Gasteiger partial charge in [-0.3, -0.25) is 9.59 Å². The number of likely N-dealkylation sites (tertiary alicyclic amines) is 1. The second-order valence-electron chi connectivity index (χ2n) is 6.69. The van der Waals surface area contributed by atoms with Crippen LogP contribution in [-0.4, -0.2) is 45.8 Å². The summed E-state index contributed by atoms with van der Waals surface area (Å²) in [4.78, 5) is 25.5. The molecule has 0 spiro atoms. The molecule has 9 heteroatoms. The second-order valence-corrected chi connectivity index (χ2v) is 8.89. The Morgan fingerprint density at radius 1 is 1.37 bits per heavy atom. The van der Waals surface area contributed by atoms with Gasteiger partial charge in [-0.2, -0.15) is 0 Å². The third-order valence-corrected chi connectivity index (χ3v) is 6.48. The fraction of sp³-hybridized carbons (Fsp3) is 0.444.